The molecule has 1 aliphatic rings. The number of amides is 1. The summed E-state index contributed by atoms with van der Waals surface area (Å²) in [7, 11) is 1.70. The second kappa shape index (κ2) is 7.44. The van der Waals surface area contributed by atoms with Crippen molar-refractivity contribution in [2.24, 2.45) is 0 Å². The summed E-state index contributed by atoms with van der Waals surface area (Å²) in [6.45, 7) is 5.48. The molecule has 0 bridgehead atoms. The number of hydrogen-bond donors (Lipinski definition) is 1. The fourth-order valence-corrected chi connectivity index (χ4v) is 3.52. The van der Waals surface area contributed by atoms with Crippen LogP contribution in [0.5, 0.6) is 0 Å². The molecular weight excluding hydrogens is 354 g/mol. The van der Waals surface area contributed by atoms with E-state index in [1.807, 2.05) is 24.3 Å². The van der Waals surface area contributed by atoms with E-state index in [1.54, 1.807) is 13.2 Å². The van der Waals surface area contributed by atoms with E-state index >= 15 is 0 Å². The maximum Gasteiger partial charge on any atom is 0.250 e. The Balaban J connectivity index is 1.82. The Morgan fingerprint density at radius 2 is 2.18 bits per heavy atom. The predicted molar refractivity (Wildman–Crippen MR) is 110 cm³/mol. The Labute approximate surface area is 163 Å². The first-order chi connectivity index (χ1) is 13.6. The first kappa shape index (κ1) is 18.2. The average molecular weight is 377 g/mol. The molecule has 144 valence electrons. The van der Waals surface area contributed by atoms with E-state index in [1.165, 1.54) is 11.0 Å². The molecule has 7 nitrogen and oxygen atoms in total. The molecule has 7 heteroatoms. The standard InChI is InChI=1S/C21H23N5O2/c1-3-19(28)24(2)16-11-18-20(22-12-16)23-21(25-10-9-17(27)14-25)26(18)13-15-7-5-4-6-8-15/h3-8,11-12,17,27H,1,9-10,13-14H2,2H3. The van der Waals surface area contributed by atoms with Crippen molar-refractivity contribution < 1.29 is 9.90 Å². The van der Waals surface area contributed by atoms with Gasteiger partial charge in [0.2, 0.25) is 11.9 Å². The normalized spacial score (nSPS) is 16.5. The number of aromatic nitrogens is 3. The molecular formula is C21H23N5O2. The molecule has 0 aliphatic carbocycles. The third-order valence-electron chi connectivity index (χ3n) is 5.09. The molecule has 4 rings (SSSR count). The van der Waals surface area contributed by atoms with E-state index in [0.717, 1.165) is 30.0 Å². The summed E-state index contributed by atoms with van der Waals surface area (Å²) in [5.41, 5.74) is 3.29. The summed E-state index contributed by atoms with van der Waals surface area (Å²) in [5, 5.41) is 9.97. The highest BCUT2D eigenvalue weighted by Gasteiger charge is 2.26. The van der Waals surface area contributed by atoms with Gasteiger partial charge in [-0.1, -0.05) is 36.9 Å². The van der Waals surface area contributed by atoms with Gasteiger partial charge in [-0.15, -0.1) is 0 Å². The number of benzene rings is 1. The number of aliphatic hydroxyl groups excluding tert-OH is 1. The van der Waals surface area contributed by atoms with Crippen molar-refractivity contribution in [1.82, 2.24) is 14.5 Å². The molecule has 2 aromatic heterocycles. The lowest BCUT2D eigenvalue weighted by Crippen LogP contribution is -2.25. The minimum Gasteiger partial charge on any atom is -0.391 e. The fraction of sp³-hybridized carbons (Fsp3) is 0.286. The van der Waals surface area contributed by atoms with Crippen LogP contribution in [0.2, 0.25) is 0 Å². The van der Waals surface area contributed by atoms with E-state index in [9.17, 15) is 9.90 Å². The number of imidazole rings is 1. The topological polar surface area (TPSA) is 74.5 Å². The van der Waals surface area contributed by atoms with Crippen LogP contribution in [0.1, 0.15) is 12.0 Å². The Kier molecular flexibility index (Phi) is 4.83. The number of likely N-dealkylation sites (N-methyl/N-ethyl adjacent to an activating group) is 1. The van der Waals surface area contributed by atoms with Crippen molar-refractivity contribution >= 4 is 28.7 Å². The Hall–Kier alpha value is -3.19. The number of carbonyl (C=O) groups is 1. The highest BCUT2D eigenvalue weighted by molar-refractivity contribution is 6.01. The third kappa shape index (κ3) is 3.36. The van der Waals surface area contributed by atoms with Gasteiger partial charge in [0, 0.05) is 20.1 Å². The first-order valence-corrected chi connectivity index (χ1v) is 9.30. The van der Waals surface area contributed by atoms with Crippen molar-refractivity contribution in [2.75, 3.05) is 29.9 Å². The molecule has 3 aromatic rings. The SMILES string of the molecule is C=CC(=O)N(C)c1cnc2nc(N3CCC(O)C3)n(Cc3ccccc3)c2c1. The largest absolute Gasteiger partial charge is 0.391 e. The van der Waals surface area contributed by atoms with Gasteiger partial charge in [-0.3, -0.25) is 4.79 Å². The minimum atomic E-state index is -0.343. The van der Waals surface area contributed by atoms with Crippen molar-refractivity contribution in [3.05, 3.63) is 60.8 Å². The van der Waals surface area contributed by atoms with Gasteiger partial charge in [0.05, 0.1) is 30.0 Å². The Bertz CT molecular complexity index is 1010. The number of nitrogens with zero attached hydrogens (tertiary/aromatic N) is 5. The highest BCUT2D eigenvalue weighted by Crippen LogP contribution is 2.28. The molecule has 0 saturated carbocycles. The van der Waals surface area contributed by atoms with Gasteiger partial charge in [0.1, 0.15) is 0 Å². The molecule has 0 radical (unpaired) electrons. The van der Waals surface area contributed by atoms with E-state index in [2.05, 4.69) is 33.2 Å². The van der Waals surface area contributed by atoms with E-state index < -0.39 is 0 Å². The van der Waals surface area contributed by atoms with E-state index in [4.69, 9.17) is 4.98 Å². The van der Waals surface area contributed by atoms with Crippen LogP contribution in [0.3, 0.4) is 0 Å². The summed E-state index contributed by atoms with van der Waals surface area (Å²) < 4.78 is 2.10. The van der Waals surface area contributed by atoms with Crippen LogP contribution in [0, 0.1) is 0 Å². The summed E-state index contributed by atoms with van der Waals surface area (Å²) in [6.07, 6.45) is 3.31. The quantitative estimate of drug-likeness (QED) is 0.690. The van der Waals surface area contributed by atoms with Crippen molar-refractivity contribution in [3.8, 4) is 0 Å². The van der Waals surface area contributed by atoms with Crippen molar-refractivity contribution in [1.29, 1.82) is 0 Å². The zero-order valence-electron chi connectivity index (χ0n) is 15.8. The maximum absolute atomic E-state index is 12.0. The highest BCUT2D eigenvalue weighted by atomic mass is 16.3. The number of β-amino-alcohol motifs (C(OH)–C–C–N with tert-alkyl or cyclic N) is 1. The summed E-state index contributed by atoms with van der Waals surface area (Å²) in [4.78, 5) is 24.8. The van der Waals surface area contributed by atoms with E-state index in [0.29, 0.717) is 24.4 Å². The van der Waals surface area contributed by atoms with Crippen LogP contribution < -0.4 is 9.80 Å². The number of aliphatic hydroxyl groups is 1. The fourth-order valence-electron chi connectivity index (χ4n) is 3.52. The van der Waals surface area contributed by atoms with Crippen LogP contribution in [0.25, 0.3) is 11.2 Å². The monoisotopic (exact) mass is 377 g/mol. The van der Waals surface area contributed by atoms with Crippen LogP contribution >= 0.6 is 0 Å². The second-order valence-corrected chi connectivity index (χ2v) is 7.01. The first-order valence-electron chi connectivity index (χ1n) is 9.30. The minimum absolute atomic E-state index is 0.196. The van der Waals surface area contributed by atoms with Gasteiger partial charge in [-0.25, -0.2) is 4.98 Å². The molecule has 3 heterocycles. The maximum atomic E-state index is 12.0. The predicted octanol–water partition coefficient (Wildman–Crippen LogP) is 2.20. The molecule has 1 unspecified atom stereocenters. The van der Waals surface area contributed by atoms with Crippen molar-refractivity contribution in [3.63, 3.8) is 0 Å². The van der Waals surface area contributed by atoms with Crippen molar-refractivity contribution in [2.45, 2.75) is 19.1 Å². The van der Waals surface area contributed by atoms with Gasteiger partial charge < -0.3 is 19.5 Å². The number of anilines is 2. The number of rotatable bonds is 5. The molecule has 1 amide bonds. The number of pyridine rings is 1. The van der Waals surface area contributed by atoms with Crippen LogP contribution in [-0.2, 0) is 11.3 Å². The molecule has 1 fully saturated rings. The zero-order valence-corrected chi connectivity index (χ0v) is 15.8. The van der Waals surface area contributed by atoms with Crippen LogP contribution in [0.4, 0.5) is 11.6 Å². The summed E-state index contributed by atoms with van der Waals surface area (Å²) >= 11 is 0. The molecule has 1 saturated heterocycles. The third-order valence-corrected chi connectivity index (χ3v) is 5.09. The summed E-state index contributed by atoms with van der Waals surface area (Å²) in [5.74, 6) is 0.593. The van der Waals surface area contributed by atoms with Crippen LogP contribution in [0.15, 0.2) is 55.3 Å². The van der Waals surface area contributed by atoms with Gasteiger partial charge in [-0.05, 0) is 24.1 Å². The van der Waals surface area contributed by atoms with E-state index in [-0.39, 0.29) is 12.0 Å². The number of hydrogen-bond acceptors (Lipinski definition) is 5. The van der Waals surface area contributed by atoms with Gasteiger partial charge in [0.25, 0.3) is 0 Å². The van der Waals surface area contributed by atoms with Gasteiger partial charge in [-0.2, -0.15) is 4.98 Å². The molecule has 1 aromatic carbocycles. The number of carbonyl (C=O) groups excluding carboxylic acids is 1. The molecule has 0 spiro atoms. The Morgan fingerprint density at radius 3 is 2.86 bits per heavy atom. The average Bonchev–Trinajstić information content (AvgIpc) is 3.31. The Morgan fingerprint density at radius 1 is 1.39 bits per heavy atom. The molecule has 28 heavy (non-hydrogen) atoms. The number of fused-ring (bicyclic) bond motifs is 1. The lowest BCUT2D eigenvalue weighted by atomic mass is 10.2. The van der Waals surface area contributed by atoms with Gasteiger partial charge >= 0.3 is 0 Å². The molecule has 1 N–H and O–H groups in total. The molecule has 1 aliphatic heterocycles. The molecule has 1 atom stereocenters. The van der Waals surface area contributed by atoms with Crippen LogP contribution in [-0.4, -0.2) is 51.8 Å². The smallest absolute Gasteiger partial charge is 0.250 e. The second-order valence-electron chi connectivity index (χ2n) is 7.01. The van der Waals surface area contributed by atoms with Gasteiger partial charge in [0.15, 0.2) is 5.65 Å². The summed E-state index contributed by atoms with van der Waals surface area (Å²) in [6, 6.07) is 12.1. The lowest BCUT2D eigenvalue weighted by Gasteiger charge is -2.19. The lowest BCUT2D eigenvalue weighted by molar-refractivity contribution is -0.113. The zero-order chi connectivity index (χ0) is 19.7.